The molecule has 2 saturated heterocycles. The predicted octanol–water partition coefficient (Wildman–Crippen LogP) is 12.7. The maximum absolute atomic E-state index is 15.1. The topological polar surface area (TPSA) is 422 Å². The molecule has 8 aromatic carbocycles. The first-order valence-electron chi connectivity index (χ1n) is 47.6. The molecule has 44 heteroatoms. The lowest BCUT2D eigenvalue weighted by Crippen LogP contribution is -2.43. The van der Waals surface area contributed by atoms with Crippen molar-refractivity contribution in [3.05, 3.63) is 311 Å². The molecule has 3 N–H and O–H groups in total. The number of hydrogen-bond acceptors (Lipinski definition) is 32. The summed E-state index contributed by atoms with van der Waals surface area (Å²) < 4.78 is 165. The number of aliphatic imine (C=N–C) groups is 1. The summed E-state index contributed by atoms with van der Waals surface area (Å²) in [5.41, 5.74) is 8.15. The molecular formula is C106H97F4N11O21S8. The van der Waals surface area contributed by atoms with Crippen molar-refractivity contribution in [3.8, 4) is 0 Å². The van der Waals surface area contributed by atoms with E-state index >= 15 is 17.6 Å². The van der Waals surface area contributed by atoms with Gasteiger partial charge in [0.2, 0.25) is 23.6 Å². The fourth-order valence-electron chi connectivity index (χ4n) is 18.6. The van der Waals surface area contributed by atoms with Crippen molar-refractivity contribution in [1.82, 2.24) is 14.7 Å². The summed E-state index contributed by atoms with van der Waals surface area (Å²) in [5, 5.41) is 16.3. The maximum Gasteiger partial charge on any atom is 0.265 e. The zero-order valence-corrected chi connectivity index (χ0v) is 87.0. The minimum absolute atomic E-state index is 0.0315. The molecule has 150 heavy (non-hydrogen) atoms. The fourth-order valence-corrected chi connectivity index (χ4v) is 27.9. The third kappa shape index (κ3) is 25.0. The molecule has 778 valence electrons. The van der Waals surface area contributed by atoms with Gasteiger partial charge in [-0.2, -0.15) is 0 Å². The standard InChI is InChI=1S/C28H28FN3O6S2.C28H28FN3O5S2.C26H22FN3O5S2.C24H19FN2O5S2/c29-24-15-19(14-22(33)18-40(36,37)27-2-1-13-39-27)3-6-25(24)32-26(34)17-20-16-21(4-5-23(20)28(32)35)30-7-8-31-9-11-38-12-10-31;29-24-15-19(14-22(33)18-39(36,37)27-4-3-13-38-27)5-8-25(24)32-26(34)17-20-16-21(6-7-23(20)28(32)35)30-9-12-31-10-1-2-11-31;1-29-9-8-28-25(29)17-5-6-20-18(13-17)14-23(32)30(26(20)33)22-7-4-16(12-21(22)27)11-19(31)15-37(34,35)24-3-2-10-36-24;25-19-9-14(8-17(28)13-34(31,32)23-2-1-7-33-23)3-4-21(19)27-22(29)12-16-11-20-15(5-6-26-20)10-18(16)24(27)30/h1-6,13,15-16,30H,7-12,14,17-18H2;3-8,13,15-16,30H,1-2,9-12,14,17-18H2;2-7,10,12-13H,8-9,11,14-15H2,1H3;1-4,7,9-11,26H,5-6,8,12-13H2. The molecule has 0 aliphatic carbocycles. The fraction of sp³-hybridized carbons (Fsp3) is 0.274. The number of sulfone groups is 4. The second-order valence-electron chi connectivity index (χ2n) is 36.6. The first-order valence-corrected chi connectivity index (χ1v) is 57.7. The monoisotopic (exact) mass is 2190 g/mol. The van der Waals surface area contributed by atoms with Crippen molar-refractivity contribution in [3.63, 3.8) is 0 Å². The van der Waals surface area contributed by atoms with Crippen molar-refractivity contribution in [2.45, 2.75) is 87.5 Å². The highest BCUT2D eigenvalue weighted by Crippen LogP contribution is 2.39. The number of fused-ring (bicyclic) bond motifs is 5. The number of carbonyl (C=O) groups excluding carboxylic acids is 12. The second kappa shape index (κ2) is 46.3. The number of halogens is 4. The molecule has 12 aromatic rings. The summed E-state index contributed by atoms with van der Waals surface area (Å²) in [5.74, 6) is -12.4. The van der Waals surface area contributed by atoms with E-state index in [0.29, 0.717) is 57.6 Å². The average Bonchev–Trinajstić information content (AvgIpc) is 1.52. The SMILES string of the molecule is CN1CCN=C1c1ccc2c(c1)CC(=O)N(c1ccc(CC(=O)CS(=O)(=O)c3cccs3)cc1F)C2=O.O=C(Cc1ccc(N2C(=O)Cc3cc(NCCN4CCCC4)ccc3C2=O)c(F)c1)CS(=O)(=O)c1cccs1.O=C(Cc1ccc(N2C(=O)Cc3cc(NCCN4CCOCC4)ccc3C2=O)c(F)c1)CS(=O)(=O)c1cccs1.O=C(Cc1ccc(N2C(=O)Cc3cc4c(cc3C2=O)CCN4)c(F)c1)CS(=O)(=O)c1cccs1. The van der Waals surface area contributed by atoms with Crippen LogP contribution in [0.1, 0.15) is 110 Å². The van der Waals surface area contributed by atoms with Crippen molar-refractivity contribution in [2.24, 2.45) is 4.99 Å². The van der Waals surface area contributed by atoms with Crippen LogP contribution in [0.2, 0.25) is 0 Å². The first kappa shape index (κ1) is 107. The summed E-state index contributed by atoms with van der Waals surface area (Å²) in [6, 6.07) is 46.2. The molecule has 0 saturated carbocycles. The lowest BCUT2D eigenvalue weighted by molar-refractivity contribution is -0.118. The number of ether oxygens (including phenoxy) is 1. The van der Waals surface area contributed by atoms with Gasteiger partial charge in [-0.25, -0.2) is 70.8 Å². The second-order valence-corrected chi connectivity index (χ2v) is 49.2. The third-order valence-electron chi connectivity index (χ3n) is 25.8. The molecule has 32 nitrogen and oxygen atoms in total. The Kier molecular flexibility index (Phi) is 33.1. The largest absolute Gasteiger partial charge is 0.384 e. The van der Waals surface area contributed by atoms with E-state index < -0.39 is 156 Å². The number of likely N-dealkylation sites (N-methyl/N-ethyl adjacent to an activating group) is 1. The number of anilines is 7. The lowest BCUT2D eigenvalue weighted by atomic mass is 9.94. The van der Waals surface area contributed by atoms with Crippen LogP contribution in [0.5, 0.6) is 0 Å². The van der Waals surface area contributed by atoms with Gasteiger partial charge in [0, 0.05) is 130 Å². The van der Waals surface area contributed by atoms with Crippen LogP contribution in [-0.4, -0.2) is 240 Å². The number of imide groups is 4. The number of rotatable bonds is 33. The Bertz CT molecular complexity index is 7900. The van der Waals surface area contributed by atoms with Gasteiger partial charge in [0.25, 0.3) is 23.6 Å². The highest BCUT2D eigenvalue weighted by atomic mass is 32.3. The van der Waals surface area contributed by atoms with Crippen LogP contribution >= 0.6 is 45.3 Å². The summed E-state index contributed by atoms with van der Waals surface area (Å²) >= 11 is 4.10. The number of ketones is 4. The van der Waals surface area contributed by atoms with Gasteiger partial charge in [0.1, 0.15) is 69.0 Å². The van der Waals surface area contributed by atoms with E-state index in [4.69, 9.17) is 4.74 Å². The summed E-state index contributed by atoms with van der Waals surface area (Å²) in [6.07, 6.45) is 1.81. The molecule has 0 spiro atoms. The zero-order chi connectivity index (χ0) is 106. The highest BCUT2D eigenvalue weighted by Gasteiger charge is 2.41. The molecule has 20 rings (SSSR count). The number of likely N-dealkylation sites (tertiary alicyclic amines) is 1. The van der Waals surface area contributed by atoms with Gasteiger partial charge in [0.15, 0.2) is 62.5 Å². The Balaban J connectivity index is 0.000000136. The van der Waals surface area contributed by atoms with E-state index in [1.807, 2.05) is 11.9 Å². The van der Waals surface area contributed by atoms with E-state index in [1.165, 1.54) is 85.6 Å². The van der Waals surface area contributed by atoms with Crippen LogP contribution in [-0.2, 0) is 140 Å². The van der Waals surface area contributed by atoms with Gasteiger partial charge in [0.05, 0.1) is 68.2 Å². The molecule has 8 amide bonds. The number of amidine groups is 1. The predicted molar refractivity (Wildman–Crippen MR) is 560 cm³/mol. The molecular weight excluding hydrogens is 2100 g/mol. The molecule has 0 unspecified atom stereocenters. The molecule has 0 atom stereocenters. The molecule has 0 bridgehead atoms. The van der Waals surface area contributed by atoms with E-state index in [2.05, 4.69) is 30.7 Å². The number of Topliss-reactive ketones (excluding diaryl/α,β-unsaturated/α-hetero) is 4. The van der Waals surface area contributed by atoms with Crippen molar-refractivity contribution in [2.75, 3.05) is 151 Å². The van der Waals surface area contributed by atoms with Crippen LogP contribution < -0.4 is 35.6 Å². The number of morpholine rings is 1. The summed E-state index contributed by atoms with van der Waals surface area (Å²) in [4.78, 5) is 168. The number of hydrogen-bond donors (Lipinski definition) is 3. The van der Waals surface area contributed by atoms with Gasteiger partial charge < -0.3 is 30.5 Å². The van der Waals surface area contributed by atoms with Crippen molar-refractivity contribution >= 4 is 201 Å². The summed E-state index contributed by atoms with van der Waals surface area (Å²) in [7, 11) is -13.1. The Morgan fingerprint density at radius 2 is 0.713 bits per heavy atom. The normalized spacial score (nSPS) is 15.8. The Morgan fingerprint density at radius 1 is 0.380 bits per heavy atom. The van der Waals surface area contributed by atoms with Crippen LogP contribution in [0.4, 0.5) is 57.4 Å². The van der Waals surface area contributed by atoms with E-state index in [9.17, 15) is 91.2 Å². The smallest absolute Gasteiger partial charge is 0.265 e. The Hall–Kier alpha value is -13.9. The highest BCUT2D eigenvalue weighted by molar-refractivity contribution is 7.95. The van der Waals surface area contributed by atoms with Crippen LogP contribution in [0.25, 0.3) is 0 Å². The van der Waals surface area contributed by atoms with Crippen molar-refractivity contribution < 1.29 is 114 Å². The van der Waals surface area contributed by atoms with Gasteiger partial charge in [-0.1, -0.05) is 54.6 Å². The molecule has 4 aromatic heterocycles. The number of nitrogens with zero attached hydrogens (tertiary/aromatic N) is 8. The lowest BCUT2D eigenvalue weighted by Gasteiger charge is -2.28. The number of amides is 8. The third-order valence-corrected chi connectivity index (χ3v) is 38.5. The minimum Gasteiger partial charge on any atom is -0.384 e. The minimum atomic E-state index is -3.76. The van der Waals surface area contributed by atoms with Crippen LogP contribution in [0.3, 0.4) is 0 Å². The first-order chi connectivity index (χ1) is 71.8. The molecule has 8 aliphatic heterocycles. The van der Waals surface area contributed by atoms with Crippen LogP contribution in [0.15, 0.2) is 231 Å². The molecule has 8 aliphatic rings. The zero-order valence-electron chi connectivity index (χ0n) is 80.4. The Labute approximate surface area is 876 Å². The quantitative estimate of drug-likeness (QED) is 0.0254. The van der Waals surface area contributed by atoms with E-state index in [1.54, 1.807) is 113 Å². The van der Waals surface area contributed by atoms with Gasteiger partial charge in [-0.3, -0.25) is 67.4 Å². The van der Waals surface area contributed by atoms with Crippen molar-refractivity contribution in [1.29, 1.82) is 0 Å². The average molecular weight is 2190 g/mol. The van der Waals surface area contributed by atoms with E-state index in [-0.39, 0.29) is 113 Å². The number of thiophene rings is 4. The van der Waals surface area contributed by atoms with E-state index in [0.717, 1.165) is 202 Å². The molecule has 12 heterocycles. The maximum atomic E-state index is 15.1. The molecule has 2 fully saturated rings. The number of nitrogens with one attached hydrogen (secondary N) is 3. The van der Waals surface area contributed by atoms with Crippen LogP contribution in [0, 0.1) is 23.3 Å². The van der Waals surface area contributed by atoms with Gasteiger partial charge in [-0.05, 0) is 237 Å². The molecule has 0 radical (unpaired) electrons. The number of carbonyl (C=O) groups is 12. The van der Waals surface area contributed by atoms with Gasteiger partial charge >= 0.3 is 0 Å². The van der Waals surface area contributed by atoms with Gasteiger partial charge in [-0.15, -0.1) is 45.3 Å². The number of benzene rings is 8. The Morgan fingerprint density at radius 3 is 1.05 bits per heavy atom. The summed E-state index contributed by atoms with van der Waals surface area (Å²) in [6.45, 7) is 10.9.